The Morgan fingerprint density at radius 3 is 2.62 bits per heavy atom. The van der Waals surface area contributed by atoms with Gasteiger partial charge in [0.25, 0.3) is 0 Å². The molecule has 0 saturated carbocycles. The number of aromatic nitrogens is 2. The minimum absolute atomic E-state index is 0.0301. The summed E-state index contributed by atoms with van der Waals surface area (Å²) >= 11 is 12.2. The predicted molar refractivity (Wildman–Crippen MR) is 157 cm³/mol. The molecule has 0 unspecified atom stereocenters. The van der Waals surface area contributed by atoms with Gasteiger partial charge >= 0.3 is 5.97 Å². The first-order valence-electron chi connectivity index (χ1n) is 13.9. The second-order valence-electron chi connectivity index (χ2n) is 10.6. The van der Waals surface area contributed by atoms with E-state index in [2.05, 4.69) is 4.90 Å². The normalized spacial score (nSPS) is 17.7. The molecule has 220 valence electrons. The van der Waals surface area contributed by atoms with Gasteiger partial charge in [0.2, 0.25) is 0 Å². The summed E-state index contributed by atoms with van der Waals surface area (Å²) in [5.41, 5.74) is 1.28. The van der Waals surface area contributed by atoms with E-state index in [0.29, 0.717) is 53.4 Å². The molecule has 2 aliphatic rings. The number of likely N-dealkylation sites (tertiary alicyclic amines) is 1. The van der Waals surface area contributed by atoms with Gasteiger partial charge < -0.3 is 23.9 Å². The van der Waals surface area contributed by atoms with E-state index < -0.39 is 11.8 Å². The van der Waals surface area contributed by atoms with Crippen LogP contribution in [0.5, 0.6) is 11.5 Å². The van der Waals surface area contributed by atoms with Crippen LogP contribution in [0.2, 0.25) is 10.0 Å². The first-order valence-corrected chi connectivity index (χ1v) is 14.7. The number of hydrogen-bond acceptors (Lipinski definition) is 6. The van der Waals surface area contributed by atoms with Crippen molar-refractivity contribution >= 4 is 40.2 Å². The van der Waals surface area contributed by atoms with Crippen molar-refractivity contribution in [2.24, 2.45) is 0 Å². The number of hydrogen-bond donors (Lipinski definition) is 1. The van der Waals surface area contributed by atoms with Crippen molar-refractivity contribution in [3.8, 4) is 11.5 Å². The SMILES string of the molecule is O=C(O)c1ccc2nc(CN3CCC(Oc4cccc(COc5ccc(Cl)cc5Cl)c4)CC3)n(C[C@@H]3CCO3)c2c1F. The van der Waals surface area contributed by atoms with Gasteiger partial charge in [-0.05, 0) is 67.3 Å². The summed E-state index contributed by atoms with van der Waals surface area (Å²) in [6, 6.07) is 15.8. The number of carboxylic acids is 1. The standard InChI is InChI=1S/C31H30Cl2FN3O5/c32-20-4-7-27(25(33)15-20)41-18-19-2-1-3-22(14-19)42-21-8-11-36(12-9-21)17-28-35-26-6-5-24(31(38)39)29(34)30(26)37(28)16-23-10-13-40-23/h1-7,14-15,21,23H,8-13,16-18H2,(H,38,39)/t23-/m0/s1. The van der Waals surface area contributed by atoms with Crippen molar-refractivity contribution in [1.82, 2.24) is 14.5 Å². The van der Waals surface area contributed by atoms with E-state index in [0.717, 1.165) is 43.7 Å². The van der Waals surface area contributed by atoms with Crippen LogP contribution in [-0.4, -0.2) is 57.4 Å². The number of carbonyl (C=O) groups is 1. The van der Waals surface area contributed by atoms with Crippen LogP contribution >= 0.6 is 23.2 Å². The van der Waals surface area contributed by atoms with Gasteiger partial charge in [-0.1, -0.05) is 35.3 Å². The zero-order valence-corrected chi connectivity index (χ0v) is 24.3. The second-order valence-corrected chi connectivity index (χ2v) is 11.5. The van der Waals surface area contributed by atoms with Crippen LogP contribution in [0, 0.1) is 5.82 Å². The maximum atomic E-state index is 15.3. The average molecular weight is 615 g/mol. The maximum Gasteiger partial charge on any atom is 0.338 e. The largest absolute Gasteiger partial charge is 0.490 e. The Labute approximate surface area is 252 Å². The number of rotatable bonds is 10. The molecule has 11 heteroatoms. The number of nitrogens with zero attached hydrogens (tertiary/aromatic N) is 3. The lowest BCUT2D eigenvalue weighted by molar-refractivity contribution is -0.0593. The Hall–Kier alpha value is -3.37. The van der Waals surface area contributed by atoms with Crippen molar-refractivity contribution < 1.29 is 28.5 Å². The molecule has 4 aromatic rings. The van der Waals surface area contributed by atoms with Crippen LogP contribution in [0.3, 0.4) is 0 Å². The van der Waals surface area contributed by atoms with Crippen molar-refractivity contribution in [3.05, 3.63) is 87.4 Å². The molecule has 0 bridgehead atoms. The molecule has 2 fully saturated rings. The fourth-order valence-electron chi connectivity index (χ4n) is 5.38. The number of imidazole rings is 1. The van der Waals surface area contributed by atoms with Gasteiger partial charge in [0.15, 0.2) is 5.82 Å². The molecular weight excluding hydrogens is 584 g/mol. The van der Waals surface area contributed by atoms with Crippen LogP contribution in [0.4, 0.5) is 4.39 Å². The van der Waals surface area contributed by atoms with Gasteiger partial charge in [-0.25, -0.2) is 14.2 Å². The monoisotopic (exact) mass is 613 g/mol. The third-order valence-electron chi connectivity index (χ3n) is 7.72. The number of piperidine rings is 1. The lowest BCUT2D eigenvalue weighted by Gasteiger charge is -2.32. The zero-order chi connectivity index (χ0) is 29.2. The fourth-order valence-corrected chi connectivity index (χ4v) is 5.85. The summed E-state index contributed by atoms with van der Waals surface area (Å²) in [5.74, 6) is 0.000812. The highest BCUT2D eigenvalue weighted by molar-refractivity contribution is 6.35. The van der Waals surface area contributed by atoms with Crippen LogP contribution in [0.25, 0.3) is 11.0 Å². The third-order valence-corrected chi connectivity index (χ3v) is 8.26. The van der Waals surface area contributed by atoms with Crippen molar-refractivity contribution in [1.29, 1.82) is 0 Å². The molecule has 1 N–H and O–H groups in total. The Balaban J connectivity index is 1.08. The number of halogens is 3. The zero-order valence-electron chi connectivity index (χ0n) is 22.8. The van der Waals surface area contributed by atoms with Crippen LogP contribution in [-0.2, 0) is 24.4 Å². The summed E-state index contributed by atoms with van der Waals surface area (Å²) < 4.78 is 34.9. The van der Waals surface area contributed by atoms with Crippen LogP contribution < -0.4 is 9.47 Å². The molecule has 0 amide bonds. The Kier molecular flexibility index (Phi) is 8.53. The second kappa shape index (κ2) is 12.5. The first-order chi connectivity index (χ1) is 20.3. The highest BCUT2D eigenvalue weighted by Crippen LogP contribution is 2.30. The number of carboxylic acid groups (broad SMARTS) is 1. The fraction of sp³-hybridized carbons (Fsp3) is 0.355. The van der Waals surface area contributed by atoms with Crippen molar-refractivity contribution in [3.63, 3.8) is 0 Å². The molecule has 2 aliphatic heterocycles. The summed E-state index contributed by atoms with van der Waals surface area (Å²) in [4.78, 5) is 18.5. The Bertz CT molecular complexity index is 1600. The summed E-state index contributed by atoms with van der Waals surface area (Å²) in [7, 11) is 0. The number of ether oxygens (including phenoxy) is 3. The molecule has 42 heavy (non-hydrogen) atoms. The Morgan fingerprint density at radius 1 is 1.10 bits per heavy atom. The first kappa shape index (κ1) is 28.7. The van der Waals surface area contributed by atoms with E-state index in [1.165, 1.54) is 6.07 Å². The van der Waals surface area contributed by atoms with E-state index in [1.807, 2.05) is 24.3 Å². The number of fused-ring (bicyclic) bond motifs is 1. The summed E-state index contributed by atoms with van der Waals surface area (Å²) in [6.45, 7) is 3.56. The van der Waals surface area contributed by atoms with Crippen LogP contribution in [0.15, 0.2) is 54.6 Å². The highest BCUT2D eigenvalue weighted by atomic mass is 35.5. The maximum absolute atomic E-state index is 15.3. The molecule has 1 aromatic heterocycles. The minimum atomic E-state index is -1.30. The van der Waals surface area contributed by atoms with E-state index >= 15 is 4.39 Å². The molecule has 3 heterocycles. The highest BCUT2D eigenvalue weighted by Gasteiger charge is 2.27. The van der Waals surface area contributed by atoms with Crippen LogP contribution in [0.1, 0.15) is 41.0 Å². The quantitative estimate of drug-likeness (QED) is 0.216. The average Bonchev–Trinajstić information content (AvgIpc) is 3.29. The summed E-state index contributed by atoms with van der Waals surface area (Å²) in [6.07, 6.45) is 2.55. The van der Waals surface area contributed by atoms with Gasteiger partial charge in [0.05, 0.1) is 35.3 Å². The summed E-state index contributed by atoms with van der Waals surface area (Å²) in [5, 5.41) is 10.4. The molecule has 0 aliphatic carbocycles. The number of aromatic carboxylic acids is 1. The topological polar surface area (TPSA) is 86.0 Å². The molecule has 0 radical (unpaired) electrons. The number of benzene rings is 3. The molecule has 6 rings (SSSR count). The van der Waals surface area contributed by atoms with Crippen molar-refractivity contribution in [2.75, 3.05) is 19.7 Å². The molecule has 8 nitrogen and oxygen atoms in total. The van der Waals surface area contributed by atoms with E-state index in [9.17, 15) is 9.90 Å². The minimum Gasteiger partial charge on any atom is -0.490 e. The van der Waals surface area contributed by atoms with E-state index in [4.69, 9.17) is 42.4 Å². The molecule has 1 atom stereocenters. The molecule has 3 aromatic carbocycles. The van der Waals surface area contributed by atoms with E-state index in [1.54, 1.807) is 28.8 Å². The molecule has 2 saturated heterocycles. The van der Waals surface area contributed by atoms with Gasteiger partial charge in [0.1, 0.15) is 35.6 Å². The smallest absolute Gasteiger partial charge is 0.338 e. The van der Waals surface area contributed by atoms with Gasteiger partial charge in [-0.3, -0.25) is 4.90 Å². The predicted octanol–water partition coefficient (Wildman–Crippen LogP) is 6.59. The third kappa shape index (κ3) is 6.34. The molecule has 0 spiro atoms. The Morgan fingerprint density at radius 2 is 1.90 bits per heavy atom. The van der Waals surface area contributed by atoms with Crippen molar-refractivity contribution in [2.45, 2.75) is 51.2 Å². The lowest BCUT2D eigenvalue weighted by Crippen LogP contribution is -2.39. The van der Waals surface area contributed by atoms with Gasteiger partial charge in [-0.2, -0.15) is 0 Å². The lowest BCUT2D eigenvalue weighted by atomic mass is 10.1. The van der Waals surface area contributed by atoms with Gasteiger partial charge in [-0.15, -0.1) is 0 Å². The molecular formula is C31H30Cl2FN3O5. The van der Waals surface area contributed by atoms with E-state index in [-0.39, 0.29) is 23.3 Å². The van der Waals surface area contributed by atoms with Gasteiger partial charge in [0, 0.05) is 24.7 Å².